The Balaban J connectivity index is 1.44. The molecule has 12 heteroatoms. The zero-order valence-electron chi connectivity index (χ0n) is 19.6. The molecule has 186 valence electrons. The summed E-state index contributed by atoms with van der Waals surface area (Å²) in [6, 6.07) is -1.15. The number of carbonyl (C=O) groups is 4. The molecule has 0 unspecified atom stereocenters. The van der Waals surface area contributed by atoms with E-state index in [0.717, 1.165) is 53.2 Å². The molecule has 3 amide bonds. The molecule has 2 heterocycles. The molecule has 2 aromatic rings. The summed E-state index contributed by atoms with van der Waals surface area (Å²) in [5, 5.41) is 2.44. The van der Waals surface area contributed by atoms with Crippen LogP contribution in [-0.4, -0.2) is 62.2 Å². The number of nitrogens with one attached hydrogen (secondary N) is 1. The van der Waals surface area contributed by atoms with Crippen molar-refractivity contribution in [1.29, 1.82) is 0 Å². The van der Waals surface area contributed by atoms with Crippen LogP contribution in [0.15, 0.2) is 11.7 Å². The van der Waals surface area contributed by atoms with Crippen LogP contribution in [0.3, 0.4) is 0 Å². The van der Waals surface area contributed by atoms with E-state index in [9.17, 15) is 19.2 Å². The van der Waals surface area contributed by atoms with Gasteiger partial charge in [-0.2, -0.15) is 0 Å². The molecule has 11 nitrogen and oxygen atoms in total. The highest BCUT2D eigenvalue weighted by atomic mass is 32.1. The third-order valence-electron chi connectivity index (χ3n) is 6.85. The Hall–Kier alpha value is -3.12. The second-order valence-electron chi connectivity index (χ2n) is 9.70. The van der Waals surface area contributed by atoms with Crippen molar-refractivity contribution in [1.82, 2.24) is 24.9 Å². The molecule has 35 heavy (non-hydrogen) atoms. The maximum atomic E-state index is 13.7. The number of rotatable bonds is 10. The quantitative estimate of drug-likeness (QED) is 0.166. The number of hydrogen-bond donors (Lipinski definition) is 2. The van der Waals surface area contributed by atoms with Crippen LogP contribution in [0.4, 0.5) is 9.93 Å². The molecule has 0 spiro atoms. The van der Waals surface area contributed by atoms with Gasteiger partial charge in [0, 0.05) is 18.0 Å². The molecule has 0 saturated heterocycles. The first-order valence-electron chi connectivity index (χ1n) is 12.0. The lowest BCUT2D eigenvalue weighted by Gasteiger charge is -2.25. The first-order valence-corrected chi connectivity index (χ1v) is 12.9. The summed E-state index contributed by atoms with van der Waals surface area (Å²) >= 11 is 1.39. The van der Waals surface area contributed by atoms with Gasteiger partial charge < -0.3 is 9.69 Å². The van der Waals surface area contributed by atoms with E-state index in [2.05, 4.69) is 14.9 Å². The van der Waals surface area contributed by atoms with E-state index >= 15 is 0 Å². The molecule has 0 bridgehead atoms. The van der Waals surface area contributed by atoms with Crippen LogP contribution in [0, 0.1) is 18.8 Å². The number of nitrogens with two attached hydrogens (primary N) is 1. The van der Waals surface area contributed by atoms with Gasteiger partial charge in [0.2, 0.25) is 0 Å². The van der Waals surface area contributed by atoms with E-state index in [1.165, 1.54) is 31.1 Å². The first kappa shape index (κ1) is 23.6. The number of hydrazine groups is 1. The van der Waals surface area contributed by atoms with Crippen molar-refractivity contribution in [2.24, 2.45) is 17.7 Å². The highest BCUT2D eigenvalue weighted by Gasteiger charge is 2.39. The normalized spacial score (nSPS) is 18.1. The number of aromatic nitrogens is 3. The highest BCUT2D eigenvalue weighted by molar-refractivity contribution is 7.14. The molecular formula is C23H29N7O4S. The smallest absolute Gasteiger partial charge is 0.341 e. The summed E-state index contributed by atoms with van der Waals surface area (Å²) in [5.74, 6) is 4.81. The molecular weight excluding hydrogens is 470 g/mol. The maximum Gasteiger partial charge on any atom is 0.341 e. The van der Waals surface area contributed by atoms with Crippen molar-refractivity contribution >= 4 is 40.6 Å². The van der Waals surface area contributed by atoms with Crippen molar-refractivity contribution in [3.05, 3.63) is 28.8 Å². The van der Waals surface area contributed by atoms with Gasteiger partial charge >= 0.3 is 6.03 Å². The second-order valence-corrected chi connectivity index (χ2v) is 10.5. The van der Waals surface area contributed by atoms with Crippen molar-refractivity contribution < 1.29 is 19.2 Å². The third-order valence-corrected chi connectivity index (χ3v) is 7.72. The van der Waals surface area contributed by atoms with Crippen LogP contribution in [-0.2, 0) is 4.79 Å². The Morgan fingerprint density at radius 1 is 1.20 bits per heavy atom. The van der Waals surface area contributed by atoms with E-state index in [-0.39, 0.29) is 17.1 Å². The molecule has 1 atom stereocenters. The van der Waals surface area contributed by atoms with Gasteiger partial charge in [-0.15, -0.1) is 11.3 Å². The molecule has 2 aromatic heterocycles. The summed E-state index contributed by atoms with van der Waals surface area (Å²) in [6.07, 6.45) is 8.81. The summed E-state index contributed by atoms with van der Waals surface area (Å²) < 4.78 is 1.08. The average Bonchev–Trinajstić information content (AvgIpc) is 3.76. The van der Waals surface area contributed by atoms with Gasteiger partial charge in [0.1, 0.15) is 24.0 Å². The standard InChI is InChI=1S/C23H29N7O4S/c1-13-19(25-12-29(13)22(34)27-24)21(33)30(17(10-31)8-14-2-3-14)20(32)18-11-35-23(26-18)28(16-6-7-16)9-15-4-5-15/h10-12,14-17H,2-9,24H2,1H3,(H,27,34)/t17-/m0/s1. The van der Waals surface area contributed by atoms with Crippen LogP contribution in [0.25, 0.3) is 0 Å². The van der Waals surface area contributed by atoms with Crippen LogP contribution < -0.4 is 16.2 Å². The Morgan fingerprint density at radius 2 is 1.91 bits per heavy atom. The largest absolute Gasteiger partial charge is 0.345 e. The number of thiazole rings is 1. The van der Waals surface area contributed by atoms with Gasteiger partial charge in [-0.3, -0.25) is 24.5 Å². The van der Waals surface area contributed by atoms with Gasteiger partial charge in [-0.1, -0.05) is 12.8 Å². The fraction of sp³-hybridized carbons (Fsp3) is 0.565. The number of anilines is 1. The molecule has 3 fully saturated rings. The predicted octanol–water partition coefficient (Wildman–Crippen LogP) is 2.11. The number of imidazole rings is 1. The molecule has 0 radical (unpaired) electrons. The Morgan fingerprint density at radius 3 is 2.51 bits per heavy atom. The lowest BCUT2D eigenvalue weighted by atomic mass is 10.1. The lowest BCUT2D eigenvalue weighted by molar-refractivity contribution is -0.111. The number of nitrogens with zero attached hydrogens (tertiary/aromatic N) is 5. The molecule has 3 aliphatic carbocycles. The summed E-state index contributed by atoms with van der Waals surface area (Å²) in [4.78, 5) is 63.2. The molecule has 3 N–H and O–H groups in total. The SMILES string of the molecule is Cc1c(C(=O)N(C(=O)c2csc(N(CC3CC3)C3CC3)n2)[C@H](C=O)CC2CC2)ncn1C(=O)NN. The van der Waals surface area contributed by atoms with E-state index < -0.39 is 23.9 Å². The molecule has 3 aliphatic rings. The number of carbonyl (C=O) groups excluding carboxylic acids is 4. The lowest BCUT2D eigenvalue weighted by Crippen LogP contribution is -2.46. The molecule has 3 saturated carbocycles. The van der Waals surface area contributed by atoms with Gasteiger partial charge in [-0.05, 0) is 50.9 Å². The highest BCUT2D eigenvalue weighted by Crippen LogP contribution is 2.39. The summed E-state index contributed by atoms with van der Waals surface area (Å²) in [7, 11) is 0. The van der Waals surface area contributed by atoms with Crippen LogP contribution in [0.5, 0.6) is 0 Å². The zero-order valence-corrected chi connectivity index (χ0v) is 20.4. The van der Waals surface area contributed by atoms with E-state index in [1.54, 1.807) is 5.38 Å². The van der Waals surface area contributed by atoms with Gasteiger partial charge in [0.15, 0.2) is 5.13 Å². The van der Waals surface area contributed by atoms with Gasteiger partial charge in [-0.25, -0.2) is 20.6 Å². The van der Waals surface area contributed by atoms with Crippen molar-refractivity contribution in [2.75, 3.05) is 11.4 Å². The minimum Gasteiger partial charge on any atom is -0.345 e. The van der Waals surface area contributed by atoms with Crippen LogP contribution in [0.2, 0.25) is 0 Å². The van der Waals surface area contributed by atoms with Crippen LogP contribution in [0.1, 0.15) is 71.6 Å². The molecule has 5 rings (SSSR count). The summed E-state index contributed by atoms with van der Waals surface area (Å²) in [6.45, 7) is 2.47. The van der Waals surface area contributed by atoms with Crippen molar-refractivity contribution in [3.8, 4) is 0 Å². The number of imide groups is 1. The maximum absolute atomic E-state index is 13.7. The van der Waals surface area contributed by atoms with E-state index in [4.69, 9.17) is 5.84 Å². The average molecular weight is 500 g/mol. The van der Waals surface area contributed by atoms with E-state index in [0.29, 0.717) is 30.6 Å². The minimum absolute atomic E-state index is 0.0895. The first-order chi connectivity index (χ1) is 16.9. The Kier molecular flexibility index (Phi) is 6.41. The second kappa shape index (κ2) is 9.50. The molecule has 0 aromatic carbocycles. The number of nitrogen functional groups attached to an aromatic ring is 1. The fourth-order valence-corrected chi connectivity index (χ4v) is 5.16. The number of amides is 3. The topological polar surface area (TPSA) is 144 Å². The van der Waals surface area contributed by atoms with Crippen LogP contribution >= 0.6 is 11.3 Å². The summed E-state index contributed by atoms with van der Waals surface area (Å²) in [5.41, 5.74) is 2.25. The number of hydrogen-bond acceptors (Lipinski definition) is 9. The molecule has 0 aliphatic heterocycles. The Bertz CT molecular complexity index is 1150. The monoisotopic (exact) mass is 499 g/mol. The number of aldehydes is 1. The zero-order chi connectivity index (χ0) is 24.7. The van der Waals surface area contributed by atoms with Gasteiger partial charge in [0.25, 0.3) is 11.8 Å². The minimum atomic E-state index is -0.938. The van der Waals surface area contributed by atoms with Gasteiger partial charge in [0.05, 0.1) is 11.7 Å². The third kappa shape index (κ3) is 4.98. The van der Waals surface area contributed by atoms with E-state index in [1.807, 2.05) is 5.43 Å². The predicted molar refractivity (Wildman–Crippen MR) is 128 cm³/mol. The van der Waals surface area contributed by atoms with Crippen molar-refractivity contribution in [2.45, 2.75) is 64.0 Å². The fourth-order valence-electron chi connectivity index (χ4n) is 4.28. The van der Waals surface area contributed by atoms with Crippen molar-refractivity contribution in [3.63, 3.8) is 0 Å². The Labute approximate surface area is 206 Å².